The van der Waals surface area contributed by atoms with E-state index in [-0.39, 0.29) is 18.1 Å². The third-order valence-corrected chi connectivity index (χ3v) is 3.48. The van der Waals surface area contributed by atoms with Crippen molar-refractivity contribution >= 4 is 39.8 Å². The van der Waals surface area contributed by atoms with Crippen LogP contribution < -0.4 is 5.32 Å². The van der Waals surface area contributed by atoms with Gasteiger partial charge in [-0.3, -0.25) is 19.6 Å². The molecular formula is C15H11ClN4O3. The summed E-state index contributed by atoms with van der Waals surface area (Å²) in [5.41, 5.74) is 1.06. The van der Waals surface area contributed by atoms with Gasteiger partial charge in [0.15, 0.2) is 0 Å². The third kappa shape index (κ3) is 3.29. The van der Waals surface area contributed by atoms with Gasteiger partial charge in [-0.1, -0.05) is 17.7 Å². The Morgan fingerprint density at radius 3 is 2.87 bits per heavy atom. The van der Waals surface area contributed by atoms with E-state index >= 15 is 0 Å². The lowest BCUT2D eigenvalue weighted by Crippen LogP contribution is -2.19. The second-order valence-corrected chi connectivity index (χ2v) is 5.30. The van der Waals surface area contributed by atoms with Gasteiger partial charge in [-0.05, 0) is 24.3 Å². The summed E-state index contributed by atoms with van der Waals surface area (Å²) in [5.74, 6) is -0.302. The van der Waals surface area contributed by atoms with Crippen molar-refractivity contribution in [3.8, 4) is 0 Å². The quantitative estimate of drug-likeness (QED) is 0.587. The van der Waals surface area contributed by atoms with Crippen molar-refractivity contribution in [2.75, 3.05) is 5.32 Å². The molecule has 0 aliphatic rings. The van der Waals surface area contributed by atoms with E-state index in [9.17, 15) is 14.9 Å². The summed E-state index contributed by atoms with van der Waals surface area (Å²) >= 11 is 5.86. The van der Waals surface area contributed by atoms with E-state index in [0.717, 1.165) is 5.39 Å². The van der Waals surface area contributed by atoms with Gasteiger partial charge < -0.3 is 5.32 Å². The summed E-state index contributed by atoms with van der Waals surface area (Å²) in [7, 11) is 0. The van der Waals surface area contributed by atoms with Crippen LogP contribution in [0.25, 0.3) is 10.9 Å². The molecule has 116 valence electrons. The molecule has 0 fully saturated rings. The molecule has 0 atom stereocenters. The lowest BCUT2D eigenvalue weighted by Gasteiger charge is -2.06. The van der Waals surface area contributed by atoms with Crippen molar-refractivity contribution in [1.29, 1.82) is 0 Å². The molecular weight excluding hydrogens is 320 g/mol. The van der Waals surface area contributed by atoms with Gasteiger partial charge in [0.25, 0.3) is 5.69 Å². The van der Waals surface area contributed by atoms with Crippen molar-refractivity contribution in [1.82, 2.24) is 9.78 Å². The molecule has 2 aromatic carbocycles. The Hall–Kier alpha value is -2.93. The molecule has 1 heterocycles. The number of carbonyl (C=O) groups is 1. The van der Waals surface area contributed by atoms with Crippen LogP contribution in [0.1, 0.15) is 0 Å². The molecule has 1 amide bonds. The first-order valence-corrected chi connectivity index (χ1v) is 7.06. The predicted octanol–water partition coefficient (Wildman–Crippen LogP) is 3.24. The summed E-state index contributed by atoms with van der Waals surface area (Å²) in [4.78, 5) is 22.5. The molecule has 0 spiro atoms. The average Bonchev–Trinajstić information content (AvgIpc) is 2.89. The van der Waals surface area contributed by atoms with Crippen molar-refractivity contribution in [2.24, 2.45) is 0 Å². The van der Waals surface area contributed by atoms with Crippen LogP contribution in [0.2, 0.25) is 5.02 Å². The van der Waals surface area contributed by atoms with Crippen LogP contribution in [0.5, 0.6) is 0 Å². The minimum absolute atomic E-state index is 0.0468. The van der Waals surface area contributed by atoms with Gasteiger partial charge >= 0.3 is 0 Å². The van der Waals surface area contributed by atoms with E-state index in [1.807, 2.05) is 0 Å². The predicted molar refractivity (Wildman–Crippen MR) is 86.5 cm³/mol. The fraction of sp³-hybridized carbons (Fsp3) is 0.0667. The number of carbonyl (C=O) groups excluding carboxylic acids is 1. The van der Waals surface area contributed by atoms with Gasteiger partial charge in [-0.15, -0.1) is 0 Å². The topological polar surface area (TPSA) is 90.1 Å². The van der Waals surface area contributed by atoms with Crippen LogP contribution in [0.4, 0.5) is 11.4 Å². The van der Waals surface area contributed by atoms with Crippen LogP contribution in [0, 0.1) is 10.1 Å². The fourth-order valence-electron chi connectivity index (χ4n) is 2.20. The Morgan fingerprint density at radius 1 is 1.30 bits per heavy atom. The molecule has 3 aromatic rings. The van der Waals surface area contributed by atoms with Crippen molar-refractivity contribution in [2.45, 2.75) is 6.54 Å². The lowest BCUT2D eigenvalue weighted by molar-refractivity contribution is -0.384. The van der Waals surface area contributed by atoms with Gasteiger partial charge in [0.05, 0.1) is 16.6 Å². The minimum atomic E-state index is -0.483. The number of benzene rings is 2. The SMILES string of the molecule is O=C(Cn1ncc2ccc([N+](=O)[O-])cc21)Nc1cccc(Cl)c1. The highest BCUT2D eigenvalue weighted by molar-refractivity contribution is 6.30. The smallest absolute Gasteiger partial charge is 0.271 e. The molecule has 23 heavy (non-hydrogen) atoms. The van der Waals surface area contributed by atoms with Crippen LogP contribution in [0.15, 0.2) is 48.7 Å². The van der Waals surface area contributed by atoms with E-state index in [4.69, 9.17) is 11.6 Å². The third-order valence-electron chi connectivity index (χ3n) is 3.24. The second-order valence-electron chi connectivity index (χ2n) is 4.86. The molecule has 3 rings (SSSR count). The van der Waals surface area contributed by atoms with E-state index < -0.39 is 4.92 Å². The van der Waals surface area contributed by atoms with Gasteiger partial charge in [-0.25, -0.2) is 0 Å². The zero-order valence-corrected chi connectivity index (χ0v) is 12.5. The standard InChI is InChI=1S/C15H11ClN4O3/c16-11-2-1-3-12(6-11)18-15(21)9-19-14-7-13(20(22)23)5-4-10(14)8-17-19/h1-8H,9H2,(H,18,21). The Kier molecular flexibility index (Phi) is 3.94. The van der Waals surface area contributed by atoms with Crippen molar-refractivity contribution in [3.05, 3.63) is 63.8 Å². The molecule has 8 heteroatoms. The maximum atomic E-state index is 12.1. The molecule has 0 aliphatic carbocycles. The highest BCUT2D eigenvalue weighted by Crippen LogP contribution is 2.21. The number of nitro benzene ring substituents is 1. The highest BCUT2D eigenvalue weighted by atomic mass is 35.5. The lowest BCUT2D eigenvalue weighted by atomic mass is 10.2. The molecule has 1 N–H and O–H groups in total. The van der Waals surface area contributed by atoms with E-state index in [2.05, 4.69) is 10.4 Å². The number of halogens is 1. The molecule has 1 aromatic heterocycles. The Morgan fingerprint density at radius 2 is 2.13 bits per heavy atom. The number of amides is 1. The molecule has 0 radical (unpaired) electrons. The normalized spacial score (nSPS) is 10.7. The first kappa shape index (κ1) is 15.0. The Balaban J connectivity index is 1.82. The average molecular weight is 331 g/mol. The number of hydrogen-bond donors (Lipinski definition) is 1. The largest absolute Gasteiger partial charge is 0.324 e. The Labute approximate surface area is 135 Å². The van der Waals surface area contributed by atoms with E-state index in [1.165, 1.54) is 16.8 Å². The second kappa shape index (κ2) is 6.05. The number of aromatic nitrogens is 2. The number of non-ortho nitro benzene ring substituents is 1. The van der Waals surface area contributed by atoms with Crippen molar-refractivity contribution < 1.29 is 9.72 Å². The minimum Gasteiger partial charge on any atom is -0.324 e. The number of nitrogens with zero attached hydrogens (tertiary/aromatic N) is 3. The summed E-state index contributed by atoms with van der Waals surface area (Å²) in [6.07, 6.45) is 1.56. The van der Waals surface area contributed by atoms with Crippen LogP contribution in [-0.2, 0) is 11.3 Å². The number of fused-ring (bicyclic) bond motifs is 1. The maximum Gasteiger partial charge on any atom is 0.271 e. The van der Waals surface area contributed by atoms with E-state index in [0.29, 0.717) is 16.2 Å². The van der Waals surface area contributed by atoms with Crippen molar-refractivity contribution in [3.63, 3.8) is 0 Å². The number of nitrogens with one attached hydrogen (secondary N) is 1. The van der Waals surface area contributed by atoms with E-state index in [1.54, 1.807) is 36.5 Å². The van der Waals surface area contributed by atoms with Crippen LogP contribution in [0.3, 0.4) is 0 Å². The highest BCUT2D eigenvalue weighted by Gasteiger charge is 2.12. The first-order chi connectivity index (χ1) is 11.0. The molecule has 0 saturated carbocycles. The molecule has 0 aliphatic heterocycles. The Bertz CT molecular complexity index is 907. The summed E-state index contributed by atoms with van der Waals surface area (Å²) in [6.45, 7) is -0.0584. The van der Waals surface area contributed by atoms with Gasteiger partial charge in [0.2, 0.25) is 5.91 Å². The maximum absolute atomic E-state index is 12.1. The summed E-state index contributed by atoms with van der Waals surface area (Å²) < 4.78 is 1.42. The molecule has 7 nitrogen and oxygen atoms in total. The van der Waals surface area contributed by atoms with Crippen LogP contribution >= 0.6 is 11.6 Å². The zero-order valence-electron chi connectivity index (χ0n) is 11.8. The number of rotatable bonds is 4. The number of anilines is 1. The molecule has 0 bridgehead atoms. The van der Waals surface area contributed by atoms with Gasteiger partial charge in [0, 0.05) is 28.2 Å². The van der Waals surface area contributed by atoms with Gasteiger partial charge in [0.1, 0.15) is 6.54 Å². The first-order valence-electron chi connectivity index (χ1n) is 6.68. The monoisotopic (exact) mass is 330 g/mol. The van der Waals surface area contributed by atoms with Gasteiger partial charge in [-0.2, -0.15) is 5.10 Å². The molecule has 0 unspecified atom stereocenters. The number of hydrogen-bond acceptors (Lipinski definition) is 4. The molecule has 0 saturated heterocycles. The van der Waals surface area contributed by atoms with Crippen LogP contribution in [-0.4, -0.2) is 20.6 Å². The summed E-state index contributed by atoms with van der Waals surface area (Å²) in [5, 5.41) is 18.9. The zero-order chi connectivity index (χ0) is 16.4. The number of nitro groups is 1. The fourth-order valence-corrected chi connectivity index (χ4v) is 2.39. The summed E-state index contributed by atoms with van der Waals surface area (Å²) in [6, 6.07) is 11.2.